The highest BCUT2D eigenvalue weighted by Crippen LogP contribution is 2.19. The summed E-state index contributed by atoms with van der Waals surface area (Å²) in [5, 5.41) is 1.26. The van der Waals surface area contributed by atoms with Crippen LogP contribution >= 0.6 is 11.8 Å². The first-order chi connectivity index (χ1) is 12.0. The van der Waals surface area contributed by atoms with Gasteiger partial charge in [0.2, 0.25) is 11.7 Å². The number of ketones is 1. The lowest BCUT2D eigenvalue weighted by atomic mass is 10.1. The van der Waals surface area contributed by atoms with Crippen molar-refractivity contribution < 1.29 is 33.4 Å². The summed E-state index contributed by atoms with van der Waals surface area (Å²) in [4.78, 5) is 59.1. The molecule has 0 bridgehead atoms. The Balaban J connectivity index is 4.90. The summed E-state index contributed by atoms with van der Waals surface area (Å²) in [5.74, 6) is -3.41. The van der Waals surface area contributed by atoms with Crippen molar-refractivity contribution in [3.63, 3.8) is 0 Å². The molecule has 0 aromatic carbocycles. The first kappa shape index (κ1) is 24.1. The largest absolute Gasteiger partial charge is 0.464 e. The van der Waals surface area contributed by atoms with Crippen molar-refractivity contribution >= 4 is 40.5 Å². The Morgan fingerprint density at radius 2 is 1.58 bits per heavy atom. The first-order valence-corrected chi connectivity index (χ1v) is 9.27. The molecular formula is C17H27NO7S. The van der Waals surface area contributed by atoms with E-state index in [0.29, 0.717) is 11.8 Å². The predicted octanol–water partition coefficient (Wildman–Crippen LogP) is 1.25. The van der Waals surface area contributed by atoms with Crippen LogP contribution in [0.3, 0.4) is 0 Å². The quantitative estimate of drug-likeness (QED) is 0.337. The van der Waals surface area contributed by atoms with E-state index in [1.54, 1.807) is 41.5 Å². The van der Waals surface area contributed by atoms with E-state index in [0.717, 1.165) is 0 Å². The van der Waals surface area contributed by atoms with Crippen molar-refractivity contribution in [3.05, 3.63) is 0 Å². The Morgan fingerprint density at radius 3 is 2.04 bits per heavy atom. The lowest BCUT2D eigenvalue weighted by Crippen LogP contribution is -2.49. The number of rotatable bonds is 10. The van der Waals surface area contributed by atoms with E-state index in [9.17, 15) is 24.0 Å². The Bertz CT molecular complexity index is 545. The van der Waals surface area contributed by atoms with Crippen molar-refractivity contribution in [2.75, 3.05) is 6.61 Å². The molecule has 2 unspecified atom stereocenters. The summed E-state index contributed by atoms with van der Waals surface area (Å²) in [6.07, 6.45) is -1.11. The molecule has 0 aliphatic rings. The molecule has 0 aliphatic heterocycles. The molecule has 26 heavy (non-hydrogen) atoms. The molecule has 0 saturated heterocycles. The number of nitrogens with one attached hydrogen (secondary N) is 1. The maximum Gasteiger partial charge on any atom is 0.375 e. The second-order valence-electron chi connectivity index (χ2n) is 6.14. The summed E-state index contributed by atoms with van der Waals surface area (Å²) in [5.41, 5.74) is 0. The monoisotopic (exact) mass is 389 g/mol. The van der Waals surface area contributed by atoms with Crippen LogP contribution in [-0.4, -0.2) is 52.7 Å². The Hall–Kier alpha value is -1.90. The lowest BCUT2D eigenvalue weighted by molar-refractivity contribution is -0.157. The zero-order valence-corrected chi connectivity index (χ0v) is 16.8. The van der Waals surface area contributed by atoms with Gasteiger partial charge < -0.3 is 14.8 Å². The van der Waals surface area contributed by atoms with Crippen LogP contribution in [0.25, 0.3) is 0 Å². The normalized spacial score (nSPS) is 13.1. The van der Waals surface area contributed by atoms with Crippen molar-refractivity contribution in [2.24, 2.45) is 5.92 Å². The van der Waals surface area contributed by atoms with Gasteiger partial charge in [0.15, 0.2) is 5.12 Å². The molecule has 1 amide bonds. The minimum atomic E-state index is -1.07. The smallest absolute Gasteiger partial charge is 0.375 e. The number of Topliss-reactive ketones (excluding diaryl/α,β-unsaturated/α-hetero) is 1. The van der Waals surface area contributed by atoms with Crippen molar-refractivity contribution in [2.45, 2.75) is 65.4 Å². The van der Waals surface area contributed by atoms with Crippen molar-refractivity contribution in [3.8, 4) is 0 Å². The van der Waals surface area contributed by atoms with Gasteiger partial charge in [0, 0.05) is 11.2 Å². The minimum absolute atomic E-state index is 0.123. The highest BCUT2D eigenvalue weighted by Gasteiger charge is 2.32. The number of ether oxygens (including phenoxy) is 2. The van der Waals surface area contributed by atoms with Crippen LogP contribution in [0.5, 0.6) is 0 Å². The van der Waals surface area contributed by atoms with E-state index >= 15 is 0 Å². The van der Waals surface area contributed by atoms with Crippen molar-refractivity contribution in [1.29, 1.82) is 0 Å². The van der Waals surface area contributed by atoms with Crippen LogP contribution in [0.1, 0.15) is 48.0 Å². The lowest BCUT2D eigenvalue weighted by Gasteiger charge is -2.23. The molecule has 0 aliphatic carbocycles. The number of thioether (sulfide) groups is 1. The first-order valence-electron chi connectivity index (χ1n) is 8.39. The van der Waals surface area contributed by atoms with E-state index < -0.39 is 46.7 Å². The minimum Gasteiger partial charge on any atom is -0.464 e. The fraction of sp³-hybridized carbons (Fsp3) is 0.706. The third kappa shape index (κ3) is 8.98. The molecule has 0 aromatic heterocycles. The molecule has 0 radical (unpaired) electrons. The molecule has 2 atom stereocenters. The third-order valence-electron chi connectivity index (χ3n) is 3.02. The van der Waals surface area contributed by atoms with Gasteiger partial charge in [0.1, 0.15) is 6.04 Å². The molecule has 0 spiro atoms. The average molecular weight is 389 g/mol. The molecule has 0 fully saturated rings. The van der Waals surface area contributed by atoms with E-state index in [2.05, 4.69) is 5.32 Å². The van der Waals surface area contributed by atoms with Gasteiger partial charge in [-0.25, -0.2) is 9.59 Å². The Kier molecular flexibility index (Phi) is 10.8. The second-order valence-corrected chi connectivity index (χ2v) is 7.58. The van der Waals surface area contributed by atoms with Crippen LogP contribution in [0.4, 0.5) is 0 Å². The number of carbonyl (C=O) groups is 5. The molecule has 9 heteroatoms. The zero-order chi connectivity index (χ0) is 20.4. The second kappa shape index (κ2) is 11.7. The van der Waals surface area contributed by atoms with E-state index in [1.165, 1.54) is 0 Å². The third-order valence-corrected chi connectivity index (χ3v) is 4.08. The Morgan fingerprint density at radius 1 is 1.00 bits per heavy atom. The van der Waals surface area contributed by atoms with Crippen LogP contribution in [0.15, 0.2) is 0 Å². The van der Waals surface area contributed by atoms with E-state index in [-0.39, 0.29) is 18.4 Å². The van der Waals surface area contributed by atoms with Crippen molar-refractivity contribution in [1.82, 2.24) is 5.32 Å². The number of amides is 1. The predicted molar refractivity (Wildman–Crippen MR) is 96.3 cm³/mol. The molecule has 0 rings (SSSR count). The van der Waals surface area contributed by atoms with Crippen LogP contribution < -0.4 is 5.32 Å². The maximum absolute atomic E-state index is 12.1. The molecule has 0 saturated carbocycles. The number of carbonyl (C=O) groups excluding carboxylic acids is 5. The van der Waals surface area contributed by atoms with Gasteiger partial charge in [-0.1, -0.05) is 32.5 Å². The molecular weight excluding hydrogens is 362 g/mol. The molecule has 0 heterocycles. The molecule has 148 valence electrons. The van der Waals surface area contributed by atoms with E-state index in [4.69, 9.17) is 9.47 Å². The summed E-state index contributed by atoms with van der Waals surface area (Å²) >= 11 is 0.697. The summed E-state index contributed by atoms with van der Waals surface area (Å²) in [7, 11) is 0. The number of esters is 2. The Labute approximate surface area is 157 Å². The van der Waals surface area contributed by atoms with Gasteiger partial charge in [-0.2, -0.15) is 0 Å². The van der Waals surface area contributed by atoms with Crippen LogP contribution in [-0.2, 0) is 33.4 Å². The van der Waals surface area contributed by atoms with Crippen LogP contribution in [0.2, 0.25) is 0 Å². The van der Waals surface area contributed by atoms with Gasteiger partial charge in [-0.3, -0.25) is 14.4 Å². The maximum atomic E-state index is 12.1. The van der Waals surface area contributed by atoms with Gasteiger partial charge in [0.25, 0.3) is 0 Å². The van der Waals surface area contributed by atoms with E-state index in [1.807, 2.05) is 0 Å². The van der Waals surface area contributed by atoms with Gasteiger partial charge in [0.05, 0.1) is 19.1 Å². The molecule has 8 nitrogen and oxygen atoms in total. The summed E-state index contributed by atoms with van der Waals surface area (Å²) < 4.78 is 9.66. The SMILES string of the molecule is CCOC(=O)C(NC(=O)C(C)C)C(C)SC(=O)CC(=O)C(=O)OC(C)C. The highest BCUT2D eigenvalue weighted by atomic mass is 32.2. The fourth-order valence-electron chi connectivity index (χ4n) is 1.72. The van der Waals surface area contributed by atoms with Gasteiger partial charge in [-0.15, -0.1) is 0 Å². The summed E-state index contributed by atoms with van der Waals surface area (Å²) in [6, 6.07) is -1.04. The molecule has 1 N–H and O–H groups in total. The highest BCUT2D eigenvalue weighted by molar-refractivity contribution is 8.14. The topological polar surface area (TPSA) is 116 Å². The molecule has 0 aromatic rings. The van der Waals surface area contributed by atoms with Crippen LogP contribution in [0, 0.1) is 5.92 Å². The summed E-state index contributed by atoms with van der Waals surface area (Å²) in [6.45, 7) is 9.82. The standard InChI is InChI=1S/C17H27NO7S/c1-7-24-17(23)14(18-15(21)9(2)3)11(6)26-13(20)8-12(19)16(22)25-10(4)5/h9-11,14H,7-8H2,1-6H3,(H,18,21). The van der Waals surface area contributed by atoms with Gasteiger partial charge >= 0.3 is 11.9 Å². The van der Waals surface area contributed by atoms with Gasteiger partial charge in [-0.05, 0) is 20.8 Å². The number of hydrogen-bond donors (Lipinski definition) is 1. The zero-order valence-electron chi connectivity index (χ0n) is 16.0. The number of hydrogen-bond acceptors (Lipinski definition) is 8. The average Bonchev–Trinajstić information content (AvgIpc) is 2.51. The fourth-order valence-corrected chi connectivity index (χ4v) is 2.66.